The summed E-state index contributed by atoms with van der Waals surface area (Å²) < 4.78 is 16.7. The first kappa shape index (κ1) is 17.5. The largest absolute Gasteiger partial charge is 0.299 e. The van der Waals surface area contributed by atoms with Crippen molar-refractivity contribution < 1.29 is 4.39 Å². The van der Waals surface area contributed by atoms with E-state index in [2.05, 4.69) is 20.1 Å². The summed E-state index contributed by atoms with van der Waals surface area (Å²) in [7, 11) is 1.87. The molecule has 7 nitrogen and oxygen atoms in total. The number of piperidine rings is 1. The Morgan fingerprint density at radius 1 is 1.21 bits per heavy atom. The average molecular weight is 400 g/mol. The van der Waals surface area contributed by atoms with E-state index in [9.17, 15) is 4.39 Å². The fourth-order valence-corrected chi connectivity index (χ4v) is 4.10. The lowest BCUT2D eigenvalue weighted by Gasteiger charge is -2.30. The maximum absolute atomic E-state index is 13.2. The third kappa shape index (κ3) is 3.02. The van der Waals surface area contributed by atoms with Crippen molar-refractivity contribution >= 4 is 28.3 Å². The van der Waals surface area contributed by atoms with Gasteiger partial charge in [-0.25, -0.2) is 18.9 Å². The zero-order chi connectivity index (χ0) is 19.3. The van der Waals surface area contributed by atoms with Crippen LogP contribution in [0, 0.1) is 5.82 Å². The van der Waals surface area contributed by atoms with Gasteiger partial charge < -0.3 is 0 Å². The smallest absolute Gasteiger partial charge is 0.170 e. The summed E-state index contributed by atoms with van der Waals surface area (Å²) >= 11 is 6.17. The van der Waals surface area contributed by atoms with Crippen LogP contribution in [0.15, 0.2) is 30.7 Å². The number of aryl methyl sites for hydroxylation is 1. The number of hydrogen-bond acceptors (Lipinski definition) is 5. The molecule has 28 heavy (non-hydrogen) atoms. The third-order valence-electron chi connectivity index (χ3n) is 5.45. The van der Waals surface area contributed by atoms with Crippen LogP contribution in [0.1, 0.15) is 30.1 Å². The van der Waals surface area contributed by atoms with Gasteiger partial charge >= 0.3 is 0 Å². The van der Waals surface area contributed by atoms with Crippen LogP contribution >= 0.6 is 11.6 Å². The van der Waals surface area contributed by atoms with Gasteiger partial charge in [-0.3, -0.25) is 9.58 Å². The molecule has 1 saturated heterocycles. The third-order valence-corrected chi connectivity index (χ3v) is 5.80. The number of fused-ring (bicyclic) bond motifs is 3. The van der Waals surface area contributed by atoms with E-state index >= 15 is 0 Å². The van der Waals surface area contributed by atoms with E-state index in [-0.39, 0.29) is 5.82 Å². The van der Waals surface area contributed by atoms with Crippen LogP contribution in [0.25, 0.3) is 16.7 Å². The molecule has 1 aromatic carbocycles. The topological polar surface area (TPSA) is 64.1 Å². The summed E-state index contributed by atoms with van der Waals surface area (Å²) in [6, 6.07) is 4.60. The Bertz CT molecular complexity index is 1160. The summed E-state index contributed by atoms with van der Waals surface area (Å²) in [5.41, 5.74) is 2.56. The molecule has 0 unspecified atom stereocenters. The van der Waals surface area contributed by atoms with Crippen LogP contribution in [0.4, 0.5) is 4.39 Å². The Kier molecular flexibility index (Phi) is 4.25. The standard InChI is InChI=1S/C19H19ClFN7/c1-26-18-15(9-23-26)19-24-17(25-28(19)11-22-18)12-4-6-27(7-5-12)10-13-2-3-14(21)8-16(13)20/h2-3,8-9,11-12H,4-7,10H2,1H3. The molecule has 0 spiro atoms. The van der Waals surface area contributed by atoms with Crippen molar-refractivity contribution in [2.45, 2.75) is 25.3 Å². The number of halogens is 2. The molecular formula is C19H19ClFN7. The number of rotatable bonds is 3. The highest BCUT2D eigenvalue weighted by molar-refractivity contribution is 6.31. The van der Waals surface area contributed by atoms with Gasteiger partial charge in [-0.05, 0) is 43.6 Å². The van der Waals surface area contributed by atoms with Crippen molar-refractivity contribution in [2.24, 2.45) is 7.05 Å². The summed E-state index contributed by atoms with van der Waals surface area (Å²) in [6.07, 6.45) is 5.42. The quantitative estimate of drug-likeness (QED) is 0.529. The number of nitrogens with zero attached hydrogens (tertiary/aromatic N) is 7. The van der Waals surface area contributed by atoms with Gasteiger partial charge in [0.25, 0.3) is 0 Å². The van der Waals surface area contributed by atoms with Gasteiger partial charge in [-0.15, -0.1) is 5.10 Å². The molecule has 3 aromatic heterocycles. The number of aromatic nitrogens is 6. The molecule has 0 saturated carbocycles. The van der Waals surface area contributed by atoms with E-state index in [4.69, 9.17) is 16.6 Å². The molecule has 0 atom stereocenters. The van der Waals surface area contributed by atoms with Gasteiger partial charge in [-0.1, -0.05) is 17.7 Å². The predicted molar refractivity (Wildman–Crippen MR) is 104 cm³/mol. The lowest BCUT2D eigenvalue weighted by molar-refractivity contribution is 0.202. The van der Waals surface area contributed by atoms with Gasteiger partial charge in [0.2, 0.25) is 0 Å². The maximum Gasteiger partial charge on any atom is 0.170 e. The van der Waals surface area contributed by atoms with E-state index in [1.165, 1.54) is 12.1 Å². The molecule has 144 valence electrons. The minimum Gasteiger partial charge on any atom is -0.299 e. The van der Waals surface area contributed by atoms with Crippen molar-refractivity contribution in [1.29, 1.82) is 0 Å². The lowest BCUT2D eigenvalue weighted by Crippen LogP contribution is -2.32. The van der Waals surface area contributed by atoms with Crippen LogP contribution in [-0.2, 0) is 13.6 Å². The molecule has 4 aromatic rings. The Balaban J connectivity index is 1.32. The minimum absolute atomic E-state index is 0.303. The van der Waals surface area contributed by atoms with E-state index in [0.717, 1.165) is 60.5 Å². The highest BCUT2D eigenvalue weighted by Gasteiger charge is 2.25. The van der Waals surface area contributed by atoms with Crippen LogP contribution in [0.2, 0.25) is 5.02 Å². The second-order valence-electron chi connectivity index (χ2n) is 7.27. The Hall–Kier alpha value is -2.58. The molecule has 4 heterocycles. The van der Waals surface area contributed by atoms with Crippen molar-refractivity contribution in [1.82, 2.24) is 34.3 Å². The Morgan fingerprint density at radius 3 is 2.82 bits per heavy atom. The van der Waals surface area contributed by atoms with Gasteiger partial charge in [0.1, 0.15) is 12.1 Å². The maximum atomic E-state index is 13.2. The van der Waals surface area contributed by atoms with E-state index in [1.54, 1.807) is 27.8 Å². The normalized spacial score (nSPS) is 16.4. The van der Waals surface area contributed by atoms with Crippen molar-refractivity contribution in [3.8, 4) is 0 Å². The van der Waals surface area contributed by atoms with E-state index in [1.807, 2.05) is 7.05 Å². The minimum atomic E-state index is -0.303. The number of hydrogen-bond donors (Lipinski definition) is 0. The van der Waals surface area contributed by atoms with E-state index < -0.39 is 0 Å². The monoisotopic (exact) mass is 399 g/mol. The highest BCUT2D eigenvalue weighted by Crippen LogP contribution is 2.29. The first-order valence-electron chi connectivity index (χ1n) is 9.28. The molecule has 0 N–H and O–H groups in total. The highest BCUT2D eigenvalue weighted by atomic mass is 35.5. The first-order chi connectivity index (χ1) is 13.6. The molecule has 1 aliphatic rings. The zero-order valence-electron chi connectivity index (χ0n) is 15.4. The molecule has 1 fully saturated rings. The van der Waals surface area contributed by atoms with Crippen LogP contribution in [-0.4, -0.2) is 47.4 Å². The van der Waals surface area contributed by atoms with Gasteiger partial charge in [0, 0.05) is 24.5 Å². The van der Waals surface area contributed by atoms with Gasteiger partial charge in [-0.2, -0.15) is 5.10 Å². The number of likely N-dealkylation sites (tertiary alicyclic amines) is 1. The lowest BCUT2D eigenvalue weighted by atomic mass is 9.96. The van der Waals surface area contributed by atoms with Crippen LogP contribution in [0.5, 0.6) is 0 Å². The fraction of sp³-hybridized carbons (Fsp3) is 0.368. The van der Waals surface area contributed by atoms with Crippen LogP contribution in [0.3, 0.4) is 0 Å². The fourth-order valence-electron chi connectivity index (χ4n) is 3.87. The summed E-state index contributed by atoms with van der Waals surface area (Å²) in [5.74, 6) is 0.867. The molecule has 0 amide bonds. The van der Waals surface area contributed by atoms with Crippen molar-refractivity contribution in [3.05, 3.63) is 53.0 Å². The SMILES string of the molecule is Cn1ncc2c1ncn1nc(C3CCN(Cc4ccc(F)cc4Cl)CC3)nc21. The molecule has 0 bridgehead atoms. The molecule has 5 rings (SSSR count). The van der Waals surface area contributed by atoms with Gasteiger partial charge in [0.05, 0.1) is 11.6 Å². The summed E-state index contributed by atoms with van der Waals surface area (Å²) in [5, 5.41) is 10.3. The zero-order valence-corrected chi connectivity index (χ0v) is 16.1. The van der Waals surface area contributed by atoms with Crippen molar-refractivity contribution in [3.63, 3.8) is 0 Å². The second kappa shape index (κ2) is 6.79. The molecule has 9 heteroatoms. The van der Waals surface area contributed by atoms with E-state index in [0.29, 0.717) is 10.9 Å². The molecule has 0 radical (unpaired) electrons. The predicted octanol–water partition coefficient (Wildman–Crippen LogP) is 3.18. The molecule has 1 aliphatic heterocycles. The second-order valence-corrected chi connectivity index (χ2v) is 7.68. The van der Waals surface area contributed by atoms with Crippen molar-refractivity contribution in [2.75, 3.05) is 13.1 Å². The Morgan fingerprint density at radius 2 is 2.04 bits per heavy atom. The summed E-state index contributed by atoms with van der Waals surface area (Å²) in [4.78, 5) is 11.5. The molecule has 0 aliphatic carbocycles. The first-order valence-corrected chi connectivity index (χ1v) is 9.65. The number of benzene rings is 1. The molecular weight excluding hydrogens is 381 g/mol. The summed E-state index contributed by atoms with van der Waals surface area (Å²) in [6.45, 7) is 2.58. The Labute approximate surface area is 165 Å². The van der Waals surface area contributed by atoms with Gasteiger partial charge in [0.15, 0.2) is 17.1 Å². The van der Waals surface area contributed by atoms with Crippen LogP contribution < -0.4 is 0 Å². The average Bonchev–Trinajstić information content (AvgIpc) is 3.28.